The number of carbonyl (C=O) groups excluding carboxylic acids is 1. The molecule has 1 aromatic rings. The van der Waals surface area contributed by atoms with Crippen molar-refractivity contribution >= 4 is 5.97 Å². The smallest absolute Gasteiger partial charge is 0.306 e. The van der Waals surface area contributed by atoms with Gasteiger partial charge in [0.25, 0.3) is 0 Å². The molecule has 1 aromatic carbocycles. The molecule has 2 aliphatic rings. The number of methoxy groups -OCH3 is 2. The SMILES string of the molecule is CCCC(=O)O[C@@H]1C[C@@H]2c3cc(OC)c(OC)cc3CCN2C[C@H]1CC(C)C. The second-order valence-electron chi connectivity index (χ2n) is 8.57. The van der Waals surface area contributed by atoms with Crippen LogP contribution in [-0.2, 0) is 16.0 Å². The lowest BCUT2D eigenvalue weighted by Crippen LogP contribution is -2.49. The number of benzene rings is 1. The zero-order valence-electron chi connectivity index (χ0n) is 18.0. The van der Waals surface area contributed by atoms with Gasteiger partial charge in [-0.1, -0.05) is 20.8 Å². The minimum Gasteiger partial charge on any atom is -0.493 e. The number of fused-ring (bicyclic) bond motifs is 3. The third kappa shape index (κ3) is 4.45. The molecule has 0 saturated carbocycles. The Balaban J connectivity index is 1.87. The number of esters is 1. The second kappa shape index (κ2) is 9.17. The van der Waals surface area contributed by atoms with E-state index in [-0.39, 0.29) is 18.1 Å². The molecular formula is C23H35NO4. The number of hydrogen-bond donors (Lipinski definition) is 0. The van der Waals surface area contributed by atoms with Crippen molar-refractivity contribution in [2.45, 2.75) is 65.0 Å². The van der Waals surface area contributed by atoms with Crippen LogP contribution in [0.5, 0.6) is 11.5 Å². The first-order chi connectivity index (χ1) is 13.5. The quantitative estimate of drug-likeness (QED) is 0.648. The van der Waals surface area contributed by atoms with Crippen molar-refractivity contribution in [3.63, 3.8) is 0 Å². The first-order valence-corrected chi connectivity index (χ1v) is 10.6. The van der Waals surface area contributed by atoms with E-state index in [1.54, 1.807) is 14.2 Å². The molecular weight excluding hydrogens is 354 g/mol. The maximum absolute atomic E-state index is 12.3. The van der Waals surface area contributed by atoms with Gasteiger partial charge in [-0.15, -0.1) is 0 Å². The molecule has 0 unspecified atom stereocenters. The molecule has 0 N–H and O–H groups in total. The largest absolute Gasteiger partial charge is 0.493 e. The Bertz CT molecular complexity index is 687. The summed E-state index contributed by atoms with van der Waals surface area (Å²) in [4.78, 5) is 14.8. The molecule has 0 spiro atoms. The standard InChI is InChI=1S/C23H35NO4/c1-6-7-23(25)28-20-13-19-18-12-22(27-5)21(26-4)11-16(18)8-9-24(19)14-17(20)10-15(2)3/h11-12,15,17,19-20H,6-10,13-14H2,1-5H3/t17-,19-,20-/m1/s1. The average Bonchev–Trinajstić information content (AvgIpc) is 2.67. The van der Waals surface area contributed by atoms with Crippen LogP contribution in [0.25, 0.3) is 0 Å². The van der Waals surface area contributed by atoms with E-state index in [9.17, 15) is 4.79 Å². The van der Waals surface area contributed by atoms with Crippen LogP contribution in [0, 0.1) is 11.8 Å². The number of hydrogen-bond acceptors (Lipinski definition) is 5. The van der Waals surface area contributed by atoms with E-state index in [0.29, 0.717) is 18.3 Å². The first-order valence-electron chi connectivity index (χ1n) is 10.6. The van der Waals surface area contributed by atoms with Gasteiger partial charge in [-0.05, 0) is 48.4 Å². The van der Waals surface area contributed by atoms with E-state index in [2.05, 4.69) is 30.9 Å². The van der Waals surface area contributed by atoms with Crippen LogP contribution in [0.4, 0.5) is 0 Å². The van der Waals surface area contributed by atoms with Crippen molar-refractivity contribution in [3.8, 4) is 11.5 Å². The summed E-state index contributed by atoms with van der Waals surface area (Å²) in [6.45, 7) is 8.55. The highest BCUT2D eigenvalue weighted by atomic mass is 16.5. The second-order valence-corrected chi connectivity index (χ2v) is 8.57. The summed E-state index contributed by atoms with van der Waals surface area (Å²) in [5.41, 5.74) is 2.61. The van der Waals surface area contributed by atoms with Crippen molar-refractivity contribution < 1.29 is 19.0 Å². The molecule has 5 nitrogen and oxygen atoms in total. The maximum atomic E-state index is 12.3. The lowest BCUT2D eigenvalue weighted by molar-refractivity contribution is -0.157. The first kappa shape index (κ1) is 21.0. The van der Waals surface area contributed by atoms with Crippen LogP contribution in [0.1, 0.15) is 63.6 Å². The summed E-state index contributed by atoms with van der Waals surface area (Å²) in [5.74, 6) is 2.49. The van der Waals surface area contributed by atoms with E-state index in [0.717, 1.165) is 50.3 Å². The molecule has 0 aromatic heterocycles. The number of rotatable bonds is 7. The highest BCUT2D eigenvalue weighted by molar-refractivity contribution is 5.69. The molecule has 156 valence electrons. The third-order valence-corrected chi connectivity index (χ3v) is 6.07. The summed E-state index contributed by atoms with van der Waals surface area (Å²) in [6.07, 6.45) is 4.28. The molecule has 28 heavy (non-hydrogen) atoms. The summed E-state index contributed by atoms with van der Waals surface area (Å²) >= 11 is 0. The predicted molar refractivity (Wildman–Crippen MR) is 110 cm³/mol. The van der Waals surface area contributed by atoms with Gasteiger partial charge in [-0.25, -0.2) is 0 Å². The van der Waals surface area contributed by atoms with E-state index in [1.807, 2.05) is 6.92 Å². The molecule has 0 bridgehead atoms. The van der Waals surface area contributed by atoms with Gasteiger partial charge < -0.3 is 14.2 Å². The molecule has 1 fully saturated rings. The van der Waals surface area contributed by atoms with Gasteiger partial charge in [0.2, 0.25) is 0 Å². The monoisotopic (exact) mass is 389 g/mol. The van der Waals surface area contributed by atoms with Gasteiger partial charge in [0.05, 0.1) is 14.2 Å². The molecule has 2 aliphatic heterocycles. The normalized spacial score (nSPS) is 24.4. The number of carbonyl (C=O) groups is 1. The molecule has 0 amide bonds. The van der Waals surface area contributed by atoms with Gasteiger partial charge in [0.15, 0.2) is 11.5 Å². The van der Waals surface area contributed by atoms with Gasteiger partial charge in [-0.2, -0.15) is 0 Å². The van der Waals surface area contributed by atoms with Crippen LogP contribution in [0.2, 0.25) is 0 Å². The Morgan fingerprint density at radius 1 is 1.21 bits per heavy atom. The van der Waals surface area contributed by atoms with Gasteiger partial charge in [-0.3, -0.25) is 9.69 Å². The number of ether oxygens (including phenoxy) is 3. The molecule has 0 aliphatic carbocycles. The predicted octanol–water partition coefficient (Wildman–Crippen LogP) is 4.38. The topological polar surface area (TPSA) is 48.0 Å². The summed E-state index contributed by atoms with van der Waals surface area (Å²) in [6, 6.07) is 4.51. The number of piperidine rings is 1. The Kier molecular flexibility index (Phi) is 6.86. The molecule has 2 heterocycles. The Hall–Kier alpha value is -1.75. The fourth-order valence-electron chi connectivity index (χ4n) is 4.81. The zero-order valence-corrected chi connectivity index (χ0v) is 18.0. The summed E-state index contributed by atoms with van der Waals surface area (Å²) in [7, 11) is 3.36. The van der Waals surface area contributed by atoms with E-state index >= 15 is 0 Å². The van der Waals surface area contributed by atoms with Gasteiger partial charge in [0.1, 0.15) is 6.10 Å². The van der Waals surface area contributed by atoms with E-state index in [1.165, 1.54) is 11.1 Å². The third-order valence-electron chi connectivity index (χ3n) is 6.07. The van der Waals surface area contributed by atoms with Crippen LogP contribution in [-0.4, -0.2) is 44.3 Å². The highest BCUT2D eigenvalue weighted by Crippen LogP contribution is 2.44. The lowest BCUT2D eigenvalue weighted by Gasteiger charge is -2.47. The van der Waals surface area contributed by atoms with Crippen LogP contribution >= 0.6 is 0 Å². The summed E-state index contributed by atoms with van der Waals surface area (Å²) in [5, 5.41) is 0. The Morgan fingerprint density at radius 3 is 2.57 bits per heavy atom. The number of nitrogens with zero attached hydrogens (tertiary/aromatic N) is 1. The van der Waals surface area contributed by atoms with Crippen LogP contribution < -0.4 is 9.47 Å². The molecule has 3 rings (SSSR count). The fraction of sp³-hybridized carbons (Fsp3) is 0.696. The summed E-state index contributed by atoms with van der Waals surface area (Å²) < 4.78 is 17.0. The van der Waals surface area contributed by atoms with Crippen molar-refractivity contribution in [3.05, 3.63) is 23.3 Å². The van der Waals surface area contributed by atoms with Crippen LogP contribution in [0.3, 0.4) is 0 Å². The molecule has 3 atom stereocenters. The Morgan fingerprint density at radius 2 is 1.93 bits per heavy atom. The maximum Gasteiger partial charge on any atom is 0.306 e. The van der Waals surface area contributed by atoms with E-state index in [4.69, 9.17) is 14.2 Å². The van der Waals surface area contributed by atoms with Crippen molar-refractivity contribution in [2.75, 3.05) is 27.3 Å². The molecule has 0 radical (unpaired) electrons. The fourth-order valence-corrected chi connectivity index (χ4v) is 4.81. The van der Waals surface area contributed by atoms with Crippen LogP contribution in [0.15, 0.2) is 12.1 Å². The van der Waals surface area contributed by atoms with E-state index < -0.39 is 0 Å². The zero-order chi connectivity index (χ0) is 20.3. The minimum absolute atomic E-state index is 0.0123. The van der Waals surface area contributed by atoms with Gasteiger partial charge >= 0.3 is 5.97 Å². The van der Waals surface area contributed by atoms with Gasteiger partial charge in [0, 0.05) is 37.9 Å². The average molecular weight is 390 g/mol. The van der Waals surface area contributed by atoms with Crippen molar-refractivity contribution in [1.82, 2.24) is 4.90 Å². The highest BCUT2D eigenvalue weighted by Gasteiger charge is 2.41. The Labute approximate surface area is 169 Å². The molecule has 1 saturated heterocycles. The van der Waals surface area contributed by atoms with Crippen molar-refractivity contribution in [1.29, 1.82) is 0 Å². The lowest BCUT2D eigenvalue weighted by atomic mass is 9.79. The van der Waals surface area contributed by atoms with Crippen molar-refractivity contribution in [2.24, 2.45) is 11.8 Å². The minimum atomic E-state index is -0.0574. The molecule has 5 heteroatoms.